The Labute approximate surface area is 114 Å². The lowest BCUT2D eigenvalue weighted by Crippen LogP contribution is -2.38. The average Bonchev–Trinajstić information content (AvgIpc) is 2.62. The zero-order valence-corrected chi connectivity index (χ0v) is 11.9. The van der Waals surface area contributed by atoms with Crippen LogP contribution in [0.1, 0.15) is 50.7 Å². The van der Waals surface area contributed by atoms with E-state index < -0.39 is 5.41 Å². The van der Waals surface area contributed by atoms with Crippen molar-refractivity contribution in [2.24, 2.45) is 0 Å². The van der Waals surface area contributed by atoms with Gasteiger partial charge in [-0.25, -0.2) is 0 Å². The molecule has 0 radical (unpaired) electrons. The highest BCUT2D eigenvalue weighted by molar-refractivity contribution is 6.07. The molecule has 1 heterocycles. The van der Waals surface area contributed by atoms with Crippen molar-refractivity contribution in [3.05, 3.63) is 29.3 Å². The van der Waals surface area contributed by atoms with Gasteiger partial charge in [-0.2, -0.15) is 5.26 Å². The maximum absolute atomic E-state index is 12.7. The second kappa shape index (κ2) is 5.05. The van der Waals surface area contributed by atoms with E-state index in [1.165, 1.54) is 0 Å². The van der Waals surface area contributed by atoms with E-state index in [0.29, 0.717) is 5.56 Å². The lowest BCUT2D eigenvalue weighted by Gasteiger charge is -2.27. The van der Waals surface area contributed by atoms with E-state index in [1.807, 2.05) is 19.2 Å². The van der Waals surface area contributed by atoms with Crippen molar-refractivity contribution in [1.82, 2.24) is 0 Å². The monoisotopic (exact) mass is 256 g/mol. The summed E-state index contributed by atoms with van der Waals surface area (Å²) in [6.45, 7) is 4.22. The Hall–Kier alpha value is -1.82. The molecule has 0 aliphatic carbocycles. The van der Waals surface area contributed by atoms with Gasteiger partial charge >= 0.3 is 0 Å². The van der Waals surface area contributed by atoms with Crippen LogP contribution < -0.4 is 4.90 Å². The van der Waals surface area contributed by atoms with Crippen molar-refractivity contribution in [3.8, 4) is 6.07 Å². The van der Waals surface area contributed by atoms with E-state index in [-0.39, 0.29) is 5.91 Å². The molecule has 19 heavy (non-hydrogen) atoms. The Kier molecular flexibility index (Phi) is 3.61. The summed E-state index contributed by atoms with van der Waals surface area (Å²) in [4.78, 5) is 14.5. The predicted molar refractivity (Wildman–Crippen MR) is 76.1 cm³/mol. The third-order valence-corrected chi connectivity index (χ3v) is 4.07. The van der Waals surface area contributed by atoms with Gasteiger partial charge < -0.3 is 4.90 Å². The van der Waals surface area contributed by atoms with Gasteiger partial charge in [0.2, 0.25) is 5.91 Å². The lowest BCUT2D eigenvalue weighted by molar-refractivity contribution is -0.123. The molecule has 0 fully saturated rings. The van der Waals surface area contributed by atoms with Gasteiger partial charge in [0.1, 0.15) is 0 Å². The van der Waals surface area contributed by atoms with E-state index >= 15 is 0 Å². The van der Waals surface area contributed by atoms with Crippen LogP contribution in [0, 0.1) is 11.3 Å². The van der Waals surface area contributed by atoms with Crippen LogP contribution in [0.15, 0.2) is 18.2 Å². The topological polar surface area (TPSA) is 44.1 Å². The van der Waals surface area contributed by atoms with Crippen LogP contribution in [0.25, 0.3) is 0 Å². The summed E-state index contributed by atoms with van der Waals surface area (Å²) in [5.74, 6) is 0.182. The largest absolute Gasteiger partial charge is 0.314 e. The van der Waals surface area contributed by atoms with Crippen molar-refractivity contribution in [1.29, 1.82) is 5.26 Å². The molecule has 0 saturated carbocycles. The highest BCUT2D eigenvalue weighted by Gasteiger charge is 2.48. The second-order valence-electron chi connectivity index (χ2n) is 5.29. The summed E-state index contributed by atoms with van der Waals surface area (Å²) >= 11 is 0. The van der Waals surface area contributed by atoms with Crippen molar-refractivity contribution in [3.63, 3.8) is 0 Å². The number of nitriles is 1. The van der Waals surface area contributed by atoms with Crippen LogP contribution in [0.5, 0.6) is 0 Å². The Morgan fingerprint density at radius 3 is 2.42 bits per heavy atom. The van der Waals surface area contributed by atoms with E-state index in [4.69, 9.17) is 5.26 Å². The van der Waals surface area contributed by atoms with E-state index in [1.54, 1.807) is 11.0 Å². The fourth-order valence-electron chi connectivity index (χ4n) is 3.29. The number of carbonyl (C=O) groups excluding carboxylic acids is 1. The van der Waals surface area contributed by atoms with Gasteiger partial charge in [0.15, 0.2) is 0 Å². The van der Waals surface area contributed by atoms with E-state index in [2.05, 4.69) is 19.9 Å². The second-order valence-corrected chi connectivity index (χ2v) is 5.29. The summed E-state index contributed by atoms with van der Waals surface area (Å²) in [5.41, 5.74) is 2.23. The molecular formula is C16H20N2O. The highest BCUT2D eigenvalue weighted by Crippen LogP contribution is 2.47. The van der Waals surface area contributed by atoms with Gasteiger partial charge in [-0.15, -0.1) is 0 Å². The Morgan fingerprint density at radius 1 is 1.26 bits per heavy atom. The number of rotatable bonds is 4. The highest BCUT2D eigenvalue weighted by atomic mass is 16.2. The Bertz CT molecular complexity index is 536. The quantitative estimate of drug-likeness (QED) is 0.829. The molecule has 1 aromatic rings. The third kappa shape index (κ3) is 1.92. The molecule has 1 aliphatic heterocycles. The fourth-order valence-corrected chi connectivity index (χ4v) is 3.29. The molecule has 0 N–H and O–H groups in total. The average molecular weight is 256 g/mol. The molecule has 0 saturated heterocycles. The molecule has 0 spiro atoms. The normalized spacial score (nSPS) is 16.3. The first-order valence-corrected chi connectivity index (χ1v) is 6.93. The summed E-state index contributed by atoms with van der Waals surface area (Å²) in [6.07, 6.45) is 3.64. The number of likely N-dealkylation sites (N-methyl/N-ethyl adjacent to an activating group) is 1. The molecule has 1 aliphatic rings. The van der Waals surface area contributed by atoms with Gasteiger partial charge in [-0.3, -0.25) is 4.79 Å². The zero-order chi connectivity index (χ0) is 14.0. The smallest absolute Gasteiger partial charge is 0.237 e. The Balaban J connectivity index is 2.63. The van der Waals surface area contributed by atoms with Crippen molar-refractivity contribution in [2.75, 3.05) is 11.9 Å². The van der Waals surface area contributed by atoms with Crippen molar-refractivity contribution >= 4 is 11.6 Å². The fraction of sp³-hybridized carbons (Fsp3) is 0.500. The maximum Gasteiger partial charge on any atom is 0.237 e. The molecule has 1 aromatic carbocycles. The minimum atomic E-state index is -0.416. The van der Waals surface area contributed by atoms with Gasteiger partial charge in [0, 0.05) is 12.7 Å². The number of nitrogens with zero attached hydrogens (tertiary/aromatic N) is 2. The molecule has 0 unspecified atom stereocenters. The molecule has 3 heteroatoms. The molecule has 3 nitrogen and oxygen atoms in total. The van der Waals surface area contributed by atoms with Crippen molar-refractivity contribution < 1.29 is 4.79 Å². The minimum absolute atomic E-state index is 0.182. The summed E-state index contributed by atoms with van der Waals surface area (Å²) in [7, 11) is 1.83. The summed E-state index contributed by atoms with van der Waals surface area (Å²) < 4.78 is 0. The molecule has 100 valence electrons. The lowest BCUT2D eigenvalue weighted by atomic mass is 9.74. The Morgan fingerprint density at radius 2 is 1.89 bits per heavy atom. The van der Waals surface area contributed by atoms with Gasteiger partial charge in [0.25, 0.3) is 0 Å². The number of fused-ring (bicyclic) bond motifs is 1. The molecular weight excluding hydrogens is 236 g/mol. The zero-order valence-electron chi connectivity index (χ0n) is 11.9. The van der Waals surface area contributed by atoms with Gasteiger partial charge in [0.05, 0.1) is 17.0 Å². The first-order valence-electron chi connectivity index (χ1n) is 6.93. The number of hydrogen-bond donors (Lipinski definition) is 0. The molecule has 0 bridgehead atoms. The van der Waals surface area contributed by atoms with Crippen molar-refractivity contribution in [2.45, 2.75) is 44.9 Å². The number of hydrogen-bond acceptors (Lipinski definition) is 2. The standard InChI is InChI=1S/C16H20N2O/c1-4-8-16(9-5-2)13-10-12(11-17)6-7-14(13)18(3)15(16)19/h6-7,10H,4-5,8-9H2,1-3H3. The predicted octanol–water partition coefficient (Wildman–Crippen LogP) is 3.37. The van der Waals surface area contributed by atoms with Crippen LogP contribution in [0.4, 0.5) is 5.69 Å². The van der Waals surface area contributed by atoms with Crippen LogP contribution in [0.2, 0.25) is 0 Å². The molecule has 0 aromatic heterocycles. The van der Waals surface area contributed by atoms with Crippen LogP contribution in [-0.2, 0) is 10.2 Å². The first kappa shape index (κ1) is 13.6. The molecule has 2 rings (SSSR count). The van der Waals surface area contributed by atoms with Crippen LogP contribution in [-0.4, -0.2) is 13.0 Å². The number of benzene rings is 1. The summed E-state index contributed by atoms with van der Waals surface area (Å²) in [6, 6.07) is 7.77. The van der Waals surface area contributed by atoms with E-state index in [9.17, 15) is 4.79 Å². The molecule has 0 atom stereocenters. The van der Waals surface area contributed by atoms with Crippen LogP contribution in [0.3, 0.4) is 0 Å². The summed E-state index contributed by atoms with van der Waals surface area (Å²) in [5, 5.41) is 9.08. The van der Waals surface area contributed by atoms with E-state index in [0.717, 1.165) is 36.9 Å². The number of anilines is 1. The van der Waals surface area contributed by atoms with Crippen LogP contribution >= 0.6 is 0 Å². The third-order valence-electron chi connectivity index (χ3n) is 4.07. The molecule has 1 amide bonds. The minimum Gasteiger partial charge on any atom is -0.314 e. The number of carbonyl (C=O) groups is 1. The van der Waals surface area contributed by atoms with Gasteiger partial charge in [-0.1, -0.05) is 26.7 Å². The first-order chi connectivity index (χ1) is 9.10. The SMILES string of the molecule is CCCC1(CCC)C(=O)N(C)c2ccc(C#N)cc21. The number of amides is 1. The van der Waals surface area contributed by atoms with Gasteiger partial charge in [-0.05, 0) is 36.6 Å². The maximum atomic E-state index is 12.7.